The quantitative estimate of drug-likeness (QED) is 0.109. The highest BCUT2D eigenvalue weighted by molar-refractivity contribution is 8.00. The minimum Gasteiger partial charge on any atom is -0.497 e. The standard InChI is InChI=1S/C37H33N3O8S/c1-4-48-37(45)24-10-14-27(15-11-24)40-33(41)22-32(36(40)44)49-29-17-12-26(13-18-29)38-35(43)30(39-34(42)23-8-6-5-7-9-23)21-25-20-28(46-2)16-19-31(25)47-3/h5-21,32H,4,22H2,1-3H3,(H,38,43)(H,39,42)/b30-21-. The molecule has 0 bridgehead atoms. The molecule has 0 aromatic heterocycles. The van der Waals surface area contributed by atoms with E-state index in [9.17, 15) is 24.0 Å². The van der Waals surface area contributed by atoms with Gasteiger partial charge in [-0.3, -0.25) is 19.2 Å². The summed E-state index contributed by atoms with van der Waals surface area (Å²) in [6, 6.07) is 26.5. The molecule has 4 amide bonds. The topological polar surface area (TPSA) is 140 Å². The van der Waals surface area contributed by atoms with Gasteiger partial charge in [0, 0.05) is 28.1 Å². The van der Waals surface area contributed by atoms with Crippen LogP contribution >= 0.6 is 11.8 Å². The third kappa shape index (κ3) is 8.35. The smallest absolute Gasteiger partial charge is 0.338 e. The number of hydrogen-bond acceptors (Lipinski definition) is 9. The lowest BCUT2D eigenvalue weighted by Gasteiger charge is -2.15. The number of anilines is 2. The molecule has 1 heterocycles. The highest BCUT2D eigenvalue weighted by Crippen LogP contribution is 2.35. The maximum absolute atomic E-state index is 13.6. The zero-order chi connectivity index (χ0) is 34.9. The van der Waals surface area contributed by atoms with Crippen LogP contribution in [0.15, 0.2) is 108 Å². The summed E-state index contributed by atoms with van der Waals surface area (Å²) < 4.78 is 15.8. The molecule has 1 aliphatic heterocycles. The fourth-order valence-electron chi connectivity index (χ4n) is 4.96. The molecule has 250 valence electrons. The van der Waals surface area contributed by atoms with Crippen LogP contribution in [-0.4, -0.2) is 55.7 Å². The molecule has 49 heavy (non-hydrogen) atoms. The van der Waals surface area contributed by atoms with E-state index in [-0.39, 0.29) is 30.5 Å². The number of rotatable bonds is 12. The minimum atomic E-state index is -0.654. The van der Waals surface area contributed by atoms with Crippen LogP contribution in [0.4, 0.5) is 11.4 Å². The molecule has 2 N–H and O–H groups in total. The predicted molar refractivity (Wildman–Crippen MR) is 186 cm³/mol. The van der Waals surface area contributed by atoms with Crippen LogP contribution in [0.2, 0.25) is 0 Å². The van der Waals surface area contributed by atoms with Crippen molar-refractivity contribution in [3.63, 3.8) is 0 Å². The molecule has 1 atom stereocenters. The molecule has 11 nitrogen and oxygen atoms in total. The average molecular weight is 680 g/mol. The van der Waals surface area contributed by atoms with Crippen LogP contribution in [0, 0.1) is 0 Å². The molecule has 12 heteroatoms. The van der Waals surface area contributed by atoms with Crippen LogP contribution in [0.1, 0.15) is 39.6 Å². The third-order valence-electron chi connectivity index (χ3n) is 7.40. The number of hydrogen-bond donors (Lipinski definition) is 2. The van der Waals surface area contributed by atoms with Crippen molar-refractivity contribution in [2.45, 2.75) is 23.5 Å². The molecule has 0 radical (unpaired) electrons. The zero-order valence-corrected chi connectivity index (χ0v) is 27.7. The fraction of sp³-hybridized carbons (Fsp3) is 0.162. The van der Waals surface area contributed by atoms with E-state index >= 15 is 0 Å². The van der Waals surface area contributed by atoms with Crippen molar-refractivity contribution in [2.24, 2.45) is 0 Å². The van der Waals surface area contributed by atoms with Gasteiger partial charge in [0.15, 0.2) is 0 Å². The van der Waals surface area contributed by atoms with E-state index in [1.54, 1.807) is 91.9 Å². The third-order valence-corrected chi connectivity index (χ3v) is 8.60. The van der Waals surface area contributed by atoms with Crippen molar-refractivity contribution in [2.75, 3.05) is 31.0 Å². The second-order valence-electron chi connectivity index (χ2n) is 10.6. The molecule has 1 fully saturated rings. The van der Waals surface area contributed by atoms with Gasteiger partial charge in [0.25, 0.3) is 11.8 Å². The van der Waals surface area contributed by atoms with Gasteiger partial charge in [-0.1, -0.05) is 18.2 Å². The van der Waals surface area contributed by atoms with Gasteiger partial charge in [-0.05, 0) is 91.9 Å². The van der Waals surface area contributed by atoms with Crippen molar-refractivity contribution >= 4 is 58.8 Å². The van der Waals surface area contributed by atoms with E-state index in [2.05, 4.69) is 10.6 Å². The Hall–Kier alpha value is -5.88. The van der Waals surface area contributed by atoms with Crippen LogP contribution in [0.5, 0.6) is 11.5 Å². The number of methoxy groups -OCH3 is 2. The monoisotopic (exact) mass is 679 g/mol. The summed E-state index contributed by atoms with van der Waals surface area (Å²) in [5.41, 5.74) is 1.97. The Morgan fingerprint density at radius 1 is 0.878 bits per heavy atom. The molecular weight excluding hydrogens is 646 g/mol. The fourth-order valence-corrected chi connectivity index (χ4v) is 6.01. The lowest BCUT2D eigenvalue weighted by Crippen LogP contribution is -2.31. The van der Waals surface area contributed by atoms with Gasteiger partial charge < -0.3 is 24.8 Å². The normalized spacial score (nSPS) is 14.3. The number of ether oxygens (including phenoxy) is 3. The summed E-state index contributed by atoms with van der Waals surface area (Å²) in [5.74, 6) is -1.26. The van der Waals surface area contributed by atoms with Gasteiger partial charge in [0.1, 0.15) is 17.2 Å². The Balaban J connectivity index is 1.29. The maximum atomic E-state index is 13.6. The Kier molecular flexibility index (Phi) is 11.1. The van der Waals surface area contributed by atoms with Crippen LogP contribution < -0.4 is 25.0 Å². The molecule has 4 aromatic rings. The highest BCUT2D eigenvalue weighted by atomic mass is 32.2. The van der Waals surface area contributed by atoms with E-state index in [0.29, 0.717) is 44.5 Å². The number of carbonyl (C=O) groups is 5. The second-order valence-corrected chi connectivity index (χ2v) is 11.9. The first-order valence-corrected chi connectivity index (χ1v) is 16.1. The summed E-state index contributed by atoms with van der Waals surface area (Å²) in [4.78, 5) is 66.5. The summed E-state index contributed by atoms with van der Waals surface area (Å²) in [7, 11) is 3.02. The van der Waals surface area contributed by atoms with E-state index in [1.165, 1.54) is 44.2 Å². The Morgan fingerprint density at radius 3 is 2.24 bits per heavy atom. The van der Waals surface area contributed by atoms with Gasteiger partial charge in [-0.15, -0.1) is 11.8 Å². The molecule has 1 saturated heterocycles. The summed E-state index contributed by atoms with van der Waals surface area (Å²) in [5, 5.41) is 4.85. The number of nitrogens with one attached hydrogen (secondary N) is 2. The van der Waals surface area contributed by atoms with Crippen LogP contribution in [-0.2, 0) is 19.1 Å². The van der Waals surface area contributed by atoms with Gasteiger partial charge in [-0.25, -0.2) is 9.69 Å². The first-order valence-electron chi connectivity index (χ1n) is 15.2. The lowest BCUT2D eigenvalue weighted by atomic mass is 10.1. The van der Waals surface area contributed by atoms with E-state index in [1.807, 2.05) is 0 Å². The second kappa shape index (κ2) is 15.8. The van der Waals surface area contributed by atoms with Crippen molar-refractivity contribution in [1.29, 1.82) is 0 Å². The average Bonchev–Trinajstić information content (AvgIpc) is 3.40. The van der Waals surface area contributed by atoms with Crippen molar-refractivity contribution < 1.29 is 38.2 Å². The zero-order valence-electron chi connectivity index (χ0n) is 26.9. The number of thioether (sulfide) groups is 1. The Bertz CT molecular complexity index is 1890. The first kappa shape index (κ1) is 34.5. The van der Waals surface area contributed by atoms with Crippen LogP contribution in [0.3, 0.4) is 0 Å². The number of benzene rings is 4. The molecule has 1 unspecified atom stereocenters. The number of imide groups is 1. The van der Waals surface area contributed by atoms with Crippen molar-refractivity contribution in [3.8, 4) is 11.5 Å². The van der Waals surface area contributed by atoms with Crippen molar-refractivity contribution in [1.82, 2.24) is 5.32 Å². The SMILES string of the molecule is CCOC(=O)c1ccc(N2C(=O)CC(Sc3ccc(NC(=O)/C(=C/c4cc(OC)ccc4OC)NC(=O)c4ccccc4)cc3)C2=O)cc1. The van der Waals surface area contributed by atoms with Gasteiger partial charge in [0.05, 0.1) is 37.3 Å². The molecule has 0 aliphatic carbocycles. The molecule has 1 aliphatic rings. The van der Waals surface area contributed by atoms with Gasteiger partial charge in [-0.2, -0.15) is 0 Å². The molecule has 0 saturated carbocycles. The highest BCUT2D eigenvalue weighted by Gasteiger charge is 2.40. The van der Waals surface area contributed by atoms with E-state index < -0.39 is 23.0 Å². The lowest BCUT2D eigenvalue weighted by molar-refractivity contribution is -0.121. The van der Waals surface area contributed by atoms with Crippen LogP contribution in [0.25, 0.3) is 6.08 Å². The summed E-state index contributed by atoms with van der Waals surface area (Å²) >= 11 is 1.23. The molecule has 5 rings (SSSR count). The largest absolute Gasteiger partial charge is 0.497 e. The summed E-state index contributed by atoms with van der Waals surface area (Å²) in [6.07, 6.45) is 1.51. The molecular formula is C37H33N3O8S. The summed E-state index contributed by atoms with van der Waals surface area (Å²) in [6.45, 7) is 1.95. The van der Waals surface area contributed by atoms with Crippen molar-refractivity contribution in [3.05, 3.63) is 119 Å². The van der Waals surface area contributed by atoms with E-state index in [0.717, 1.165) is 4.90 Å². The molecule has 4 aromatic carbocycles. The molecule has 0 spiro atoms. The van der Waals surface area contributed by atoms with E-state index in [4.69, 9.17) is 14.2 Å². The number of amides is 4. The Morgan fingerprint density at radius 2 is 1.59 bits per heavy atom. The number of nitrogens with zero attached hydrogens (tertiary/aromatic N) is 1. The predicted octanol–water partition coefficient (Wildman–Crippen LogP) is 5.71. The minimum absolute atomic E-state index is 0.00458. The maximum Gasteiger partial charge on any atom is 0.338 e. The first-order chi connectivity index (χ1) is 23.7. The van der Waals surface area contributed by atoms with Gasteiger partial charge in [0.2, 0.25) is 11.8 Å². The number of carbonyl (C=O) groups excluding carboxylic acids is 5. The van der Waals surface area contributed by atoms with Gasteiger partial charge >= 0.3 is 5.97 Å². The Labute approximate surface area is 287 Å². The number of esters is 1.